The summed E-state index contributed by atoms with van der Waals surface area (Å²) in [6.07, 6.45) is 0. The molecule has 0 radical (unpaired) electrons. The number of Topliss-reactive ketones (excluding diaryl/α,β-unsaturated/α-hetero) is 1. The molecule has 10 heteroatoms. The topological polar surface area (TPSA) is 147 Å². The molecule has 4 N–H and O–H groups in total. The minimum absolute atomic E-state index is 0.0914. The zero-order chi connectivity index (χ0) is 19.8. The minimum atomic E-state index is -1.13. The van der Waals surface area contributed by atoms with Crippen molar-refractivity contribution >= 4 is 23.7 Å². The second kappa shape index (κ2) is 15.5. The van der Waals surface area contributed by atoms with E-state index in [1.807, 2.05) is 13.8 Å². The minimum Gasteiger partial charge on any atom is -0.480 e. The van der Waals surface area contributed by atoms with E-state index in [0.717, 1.165) is 0 Å². The van der Waals surface area contributed by atoms with Crippen molar-refractivity contribution in [1.82, 2.24) is 15.1 Å². The molecule has 25 heavy (non-hydrogen) atoms. The summed E-state index contributed by atoms with van der Waals surface area (Å²) in [5.41, 5.74) is 0. The first-order valence-corrected chi connectivity index (χ1v) is 8.01. The molecule has 0 unspecified atom stereocenters. The van der Waals surface area contributed by atoms with Crippen LogP contribution in [0.3, 0.4) is 0 Å². The quantitative estimate of drug-likeness (QED) is 0.285. The lowest BCUT2D eigenvalue weighted by atomic mass is 10.3. The van der Waals surface area contributed by atoms with Gasteiger partial charge in [-0.05, 0) is 6.92 Å². The largest absolute Gasteiger partial charge is 0.480 e. The maximum absolute atomic E-state index is 11.2. The molecule has 0 aromatic carbocycles. The van der Waals surface area contributed by atoms with Crippen LogP contribution in [0.1, 0.15) is 20.8 Å². The first kappa shape index (κ1) is 25.2. The Morgan fingerprint density at radius 3 is 1.64 bits per heavy atom. The molecule has 146 valence electrons. The van der Waals surface area contributed by atoms with Gasteiger partial charge in [0.2, 0.25) is 0 Å². The van der Waals surface area contributed by atoms with Crippen LogP contribution in [0.15, 0.2) is 0 Å². The molecule has 0 heterocycles. The van der Waals surface area contributed by atoms with E-state index in [9.17, 15) is 19.2 Å². The molecule has 0 aliphatic heterocycles. The van der Waals surface area contributed by atoms with E-state index in [1.54, 1.807) is 4.90 Å². The molecule has 0 aliphatic carbocycles. The first-order chi connectivity index (χ1) is 11.7. The van der Waals surface area contributed by atoms with Crippen LogP contribution in [0.2, 0.25) is 0 Å². The third-order valence-corrected chi connectivity index (χ3v) is 2.78. The Labute approximate surface area is 147 Å². The predicted octanol–water partition coefficient (Wildman–Crippen LogP) is -0.951. The maximum Gasteiger partial charge on any atom is 0.317 e. The van der Waals surface area contributed by atoms with E-state index in [2.05, 4.69) is 5.32 Å². The fraction of sp³-hybridized carbons (Fsp3) is 0.733. The SMILES string of the molecule is CC.CC(=O)CN(CCNCC(=O)O)CCN(CC(=O)O)CC(=O)O. The highest BCUT2D eigenvalue weighted by molar-refractivity contribution is 5.77. The molecule has 0 rings (SSSR count). The van der Waals surface area contributed by atoms with Gasteiger partial charge in [-0.15, -0.1) is 0 Å². The number of carbonyl (C=O) groups excluding carboxylic acids is 1. The highest BCUT2D eigenvalue weighted by atomic mass is 16.4. The van der Waals surface area contributed by atoms with Crippen LogP contribution in [0.25, 0.3) is 0 Å². The van der Waals surface area contributed by atoms with Crippen molar-refractivity contribution in [3.05, 3.63) is 0 Å². The Morgan fingerprint density at radius 1 is 0.760 bits per heavy atom. The first-order valence-electron chi connectivity index (χ1n) is 8.01. The van der Waals surface area contributed by atoms with Crippen molar-refractivity contribution in [3.8, 4) is 0 Å². The fourth-order valence-corrected chi connectivity index (χ4v) is 1.90. The molecule has 0 aromatic rings. The van der Waals surface area contributed by atoms with Gasteiger partial charge in [-0.2, -0.15) is 0 Å². The number of nitrogens with zero attached hydrogens (tertiary/aromatic N) is 2. The molecule has 0 saturated carbocycles. The van der Waals surface area contributed by atoms with Crippen molar-refractivity contribution in [1.29, 1.82) is 0 Å². The van der Waals surface area contributed by atoms with E-state index in [0.29, 0.717) is 19.6 Å². The Morgan fingerprint density at radius 2 is 1.24 bits per heavy atom. The van der Waals surface area contributed by atoms with Gasteiger partial charge in [-0.1, -0.05) is 13.8 Å². The van der Waals surface area contributed by atoms with E-state index in [1.165, 1.54) is 11.8 Å². The molecule has 0 bridgehead atoms. The highest BCUT2D eigenvalue weighted by Crippen LogP contribution is 1.94. The van der Waals surface area contributed by atoms with Crippen molar-refractivity contribution in [2.75, 3.05) is 52.4 Å². The summed E-state index contributed by atoms with van der Waals surface area (Å²) in [6.45, 7) is 5.73. The summed E-state index contributed by atoms with van der Waals surface area (Å²) in [7, 11) is 0. The van der Waals surface area contributed by atoms with Crippen molar-refractivity contribution < 1.29 is 34.5 Å². The van der Waals surface area contributed by atoms with E-state index >= 15 is 0 Å². The second-order valence-corrected chi connectivity index (χ2v) is 5.05. The number of hydrogen-bond donors (Lipinski definition) is 4. The number of carboxylic acids is 3. The molecular formula is C15H29N3O7. The van der Waals surface area contributed by atoms with Crippen LogP contribution < -0.4 is 5.32 Å². The van der Waals surface area contributed by atoms with Gasteiger partial charge in [0.05, 0.1) is 26.2 Å². The average Bonchev–Trinajstić information content (AvgIpc) is 2.48. The van der Waals surface area contributed by atoms with Crippen LogP contribution in [0, 0.1) is 0 Å². The highest BCUT2D eigenvalue weighted by Gasteiger charge is 2.15. The summed E-state index contributed by atoms with van der Waals surface area (Å²) >= 11 is 0. The van der Waals surface area contributed by atoms with Crippen molar-refractivity contribution in [3.63, 3.8) is 0 Å². The van der Waals surface area contributed by atoms with E-state index < -0.39 is 31.0 Å². The fourth-order valence-electron chi connectivity index (χ4n) is 1.90. The Balaban J connectivity index is 0. The third-order valence-electron chi connectivity index (χ3n) is 2.78. The molecule has 0 amide bonds. The van der Waals surface area contributed by atoms with E-state index in [-0.39, 0.29) is 25.4 Å². The average molecular weight is 363 g/mol. The maximum atomic E-state index is 11.2. The Kier molecular flexibility index (Phi) is 15.6. The number of carbonyl (C=O) groups is 4. The zero-order valence-electron chi connectivity index (χ0n) is 15.0. The standard InChI is InChI=1S/C13H23N3O7.C2H6/c1-10(17)7-15(3-2-14-6-11(18)19)4-5-16(8-12(20)21)9-13(22)23;1-2/h14H,2-9H2,1H3,(H,18,19)(H,20,21)(H,22,23);1-2H3. The summed E-state index contributed by atoms with van der Waals surface area (Å²) in [5, 5.41) is 28.7. The lowest BCUT2D eigenvalue weighted by Gasteiger charge is -2.25. The Bertz CT molecular complexity index is 413. The van der Waals surface area contributed by atoms with Gasteiger partial charge in [0.15, 0.2) is 0 Å². The van der Waals surface area contributed by atoms with Crippen LogP contribution in [-0.2, 0) is 19.2 Å². The van der Waals surface area contributed by atoms with Gasteiger partial charge >= 0.3 is 17.9 Å². The lowest BCUT2D eigenvalue weighted by Crippen LogP contribution is -2.43. The van der Waals surface area contributed by atoms with Crippen molar-refractivity contribution in [2.24, 2.45) is 0 Å². The summed E-state index contributed by atoms with van der Waals surface area (Å²) in [4.78, 5) is 46.0. The van der Waals surface area contributed by atoms with Gasteiger partial charge in [0.25, 0.3) is 0 Å². The van der Waals surface area contributed by atoms with Gasteiger partial charge in [0, 0.05) is 26.2 Å². The molecule has 0 aromatic heterocycles. The van der Waals surface area contributed by atoms with Crippen molar-refractivity contribution in [2.45, 2.75) is 20.8 Å². The molecule has 0 saturated heterocycles. The zero-order valence-corrected chi connectivity index (χ0v) is 15.0. The van der Waals surface area contributed by atoms with Crippen LogP contribution >= 0.6 is 0 Å². The number of nitrogens with one attached hydrogen (secondary N) is 1. The number of carboxylic acid groups (broad SMARTS) is 3. The Hall–Kier alpha value is -2.04. The third kappa shape index (κ3) is 18.1. The van der Waals surface area contributed by atoms with Gasteiger partial charge in [-0.3, -0.25) is 29.0 Å². The number of hydrogen-bond acceptors (Lipinski definition) is 7. The van der Waals surface area contributed by atoms with Gasteiger partial charge < -0.3 is 20.6 Å². The molecule has 0 spiro atoms. The smallest absolute Gasteiger partial charge is 0.317 e. The summed E-state index contributed by atoms with van der Waals surface area (Å²) < 4.78 is 0. The van der Waals surface area contributed by atoms with Crippen LogP contribution in [-0.4, -0.2) is 101 Å². The normalized spacial score (nSPS) is 10.3. The monoisotopic (exact) mass is 363 g/mol. The number of ketones is 1. The molecular weight excluding hydrogens is 334 g/mol. The second-order valence-electron chi connectivity index (χ2n) is 5.05. The van der Waals surface area contributed by atoms with Crippen LogP contribution in [0.4, 0.5) is 0 Å². The van der Waals surface area contributed by atoms with Gasteiger partial charge in [0.1, 0.15) is 5.78 Å². The molecule has 0 aliphatic rings. The van der Waals surface area contributed by atoms with E-state index in [4.69, 9.17) is 15.3 Å². The molecule has 0 fully saturated rings. The lowest BCUT2D eigenvalue weighted by molar-refractivity contribution is -0.142. The molecule has 10 nitrogen and oxygen atoms in total. The summed E-state index contributed by atoms with van der Waals surface area (Å²) in [6, 6.07) is 0. The molecule has 0 atom stereocenters. The van der Waals surface area contributed by atoms with Crippen LogP contribution in [0.5, 0.6) is 0 Å². The number of aliphatic carboxylic acids is 3. The van der Waals surface area contributed by atoms with Gasteiger partial charge in [-0.25, -0.2) is 0 Å². The number of rotatable bonds is 14. The summed E-state index contributed by atoms with van der Waals surface area (Å²) in [5.74, 6) is -3.34. The predicted molar refractivity (Wildman–Crippen MR) is 90.7 cm³/mol.